The predicted octanol–water partition coefficient (Wildman–Crippen LogP) is 3.09. The van der Waals surface area contributed by atoms with Crippen molar-refractivity contribution < 1.29 is 22.7 Å². The molecule has 1 heterocycles. The van der Waals surface area contributed by atoms with Crippen LogP contribution in [0.15, 0.2) is 28.7 Å². The topological polar surface area (TPSA) is 84.6 Å². The molecule has 1 N–H and O–H groups in total. The van der Waals surface area contributed by atoms with Crippen molar-refractivity contribution in [3.63, 3.8) is 0 Å². The summed E-state index contributed by atoms with van der Waals surface area (Å²) in [7, 11) is -3.17. The number of benzene rings is 1. The fourth-order valence-electron chi connectivity index (χ4n) is 2.15. The number of carbonyl (C=O) groups is 1. The highest BCUT2D eigenvalue weighted by atomic mass is 32.2. The van der Waals surface area contributed by atoms with Crippen LogP contribution in [-0.2, 0) is 15.6 Å². The summed E-state index contributed by atoms with van der Waals surface area (Å²) in [6.45, 7) is 3.88. The van der Waals surface area contributed by atoms with Crippen LogP contribution in [0.1, 0.15) is 36.4 Å². The lowest BCUT2D eigenvalue weighted by molar-refractivity contribution is 0.0665. The first-order valence-electron chi connectivity index (χ1n) is 6.77. The lowest BCUT2D eigenvalue weighted by Crippen LogP contribution is -2.15. The van der Waals surface area contributed by atoms with Crippen molar-refractivity contribution in [3.8, 4) is 0 Å². The van der Waals surface area contributed by atoms with E-state index < -0.39 is 15.8 Å². The quantitative estimate of drug-likeness (QED) is 0.886. The van der Waals surface area contributed by atoms with Gasteiger partial charge in [0.1, 0.15) is 5.58 Å². The molecule has 0 amide bonds. The average molecular weight is 310 g/mol. The normalized spacial score (nSPS) is 13.4. The molecular weight excluding hydrogens is 292 g/mol. The third-order valence-electron chi connectivity index (χ3n) is 3.41. The minimum Gasteiger partial charge on any atom is -0.475 e. The van der Waals surface area contributed by atoms with Gasteiger partial charge in [-0.05, 0) is 29.7 Å². The molecule has 0 fully saturated rings. The number of rotatable bonds is 6. The number of fused-ring (bicyclic) bond motifs is 1. The molecule has 0 aliphatic carbocycles. The zero-order valence-corrected chi connectivity index (χ0v) is 12.8. The van der Waals surface area contributed by atoms with Crippen LogP contribution in [0.5, 0.6) is 0 Å². The Balaban J connectivity index is 2.25. The van der Waals surface area contributed by atoms with Gasteiger partial charge >= 0.3 is 5.97 Å². The Kier molecular flexibility index (Phi) is 4.37. The van der Waals surface area contributed by atoms with Gasteiger partial charge in [0.05, 0.1) is 11.5 Å². The first-order chi connectivity index (χ1) is 9.80. The number of furan rings is 1. The van der Waals surface area contributed by atoms with Gasteiger partial charge in [-0.3, -0.25) is 0 Å². The summed E-state index contributed by atoms with van der Waals surface area (Å²) in [5.74, 6) is -1.04. The van der Waals surface area contributed by atoms with Crippen LogP contribution < -0.4 is 0 Å². The van der Waals surface area contributed by atoms with Crippen LogP contribution in [0, 0.1) is 5.92 Å². The molecule has 0 saturated carbocycles. The molecule has 0 spiro atoms. The largest absolute Gasteiger partial charge is 0.475 e. The summed E-state index contributed by atoms with van der Waals surface area (Å²) in [5, 5.41) is 9.48. The second-order valence-corrected chi connectivity index (χ2v) is 7.47. The van der Waals surface area contributed by atoms with E-state index in [0.29, 0.717) is 16.5 Å². The van der Waals surface area contributed by atoms with Crippen LogP contribution in [0.25, 0.3) is 11.0 Å². The minimum atomic E-state index is -3.17. The van der Waals surface area contributed by atoms with Crippen LogP contribution in [0.4, 0.5) is 0 Å². The summed E-state index contributed by atoms with van der Waals surface area (Å²) in [6, 6.07) is 6.34. The fraction of sp³-hybridized carbons (Fsp3) is 0.400. The second kappa shape index (κ2) is 5.89. The van der Waals surface area contributed by atoms with Gasteiger partial charge in [-0.15, -0.1) is 0 Å². The Morgan fingerprint density at radius 3 is 2.67 bits per heavy atom. The highest BCUT2D eigenvalue weighted by Gasteiger charge is 2.17. The molecule has 114 valence electrons. The Hall–Kier alpha value is -1.82. The summed E-state index contributed by atoms with van der Waals surface area (Å²) in [6.07, 6.45) is 0.821. The highest BCUT2D eigenvalue weighted by molar-refractivity contribution is 7.90. The Morgan fingerprint density at radius 2 is 2.05 bits per heavy atom. The maximum atomic E-state index is 12.1. The molecule has 2 rings (SSSR count). The van der Waals surface area contributed by atoms with Gasteiger partial charge in [0.15, 0.2) is 9.84 Å². The summed E-state index contributed by atoms with van der Waals surface area (Å²) in [4.78, 5) is 10.8. The monoisotopic (exact) mass is 310 g/mol. The third kappa shape index (κ3) is 3.85. The van der Waals surface area contributed by atoms with E-state index in [1.807, 2.05) is 13.8 Å². The van der Waals surface area contributed by atoms with E-state index in [-0.39, 0.29) is 23.2 Å². The third-order valence-corrected chi connectivity index (χ3v) is 5.26. The summed E-state index contributed by atoms with van der Waals surface area (Å²) in [5.41, 5.74) is 1.08. The minimum absolute atomic E-state index is 0.0408. The molecule has 1 aromatic heterocycles. The first kappa shape index (κ1) is 15.6. The number of hydrogen-bond donors (Lipinski definition) is 1. The van der Waals surface area contributed by atoms with Crippen LogP contribution in [0.3, 0.4) is 0 Å². The van der Waals surface area contributed by atoms with Crippen LogP contribution >= 0.6 is 0 Å². The summed E-state index contributed by atoms with van der Waals surface area (Å²) < 4.78 is 29.3. The number of sulfone groups is 1. The maximum absolute atomic E-state index is 12.1. The van der Waals surface area contributed by atoms with Gasteiger partial charge in [0, 0.05) is 5.39 Å². The van der Waals surface area contributed by atoms with Crippen LogP contribution in [-0.4, -0.2) is 25.2 Å². The van der Waals surface area contributed by atoms with Gasteiger partial charge in [-0.2, -0.15) is 0 Å². The lowest BCUT2D eigenvalue weighted by atomic mass is 10.2. The van der Waals surface area contributed by atoms with E-state index in [2.05, 4.69) is 0 Å². The van der Waals surface area contributed by atoms with Crippen molar-refractivity contribution in [1.29, 1.82) is 0 Å². The molecule has 0 saturated heterocycles. The van der Waals surface area contributed by atoms with Crippen LogP contribution in [0.2, 0.25) is 0 Å². The Morgan fingerprint density at radius 1 is 1.33 bits per heavy atom. The van der Waals surface area contributed by atoms with Gasteiger partial charge in [-0.1, -0.05) is 26.3 Å². The highest BCUT2D eigenvalue weighted by Crippen LogP contribution is 2.22. The molecule has 1 aromatic carbocycles. The molecule has 0 aliphatic heterocycles. The zero-order chi connectivity index (χ0) is 15.6. The standard InChI is InChI=1S/C15H18O5S/c1-3-10(2)8-21(18,19)9-11-4-5-13-12(6-11)7-14(20-13)15(16)17/h4-7,10H,3,8-9H2,1-2H3,(H,16,17). The van der Waals surface area contributed by atoms with Crippen molar-refractivity contribution in [2.75, 3.05) is 5.75 Å². The van der Waals surface area contributed by atoms with Crippen molar-refractivity contribution in [1.82, 2.24) is 0 Å². The maximum Gasteiger partial charge on any atom is 0.371 e. The zero-order valence-electron chi connectivity index (χ0n) is 12.0. The number of hydrogen-bond acceptors (Lipinski definition) is 4. The molecule has 0 aliphatic rings. The molecule has 6 heteroatoms. The summed E-state index contributed by atoms with van der Waals surface area (Å²) >= 11 is 0. The van der Waals surface area contributed by atoms with Crippen molar-refractivity contribution in [3.05, 3.63) is 35.6 Å². The Labute approximate surface area is 123 Å². The van der Waals surface area contributed by atoms with Gasteiger partial charge in [-0.25, -0.2) is 13.2 Å². The van der Waals surface area contributed by atoms with E-state index in [4.69, 9.17) is 9.52 Å². The van der Waals surface area contributed by atoms with Gasteiger partial charge in [0.2, 0.25) is 5.76 Å². The number of carboxylic acids is 1. The molecule has 0 radical (unpaired) electrons. The fourth-order valence-corrected chi connectivity index (χ4v) is 4.06. The van der Waals surface area contributed by atoms with Crippen molar-refractivity contribution in [2.45, 2.75) is 26.0 Å². The van der Waals surface area contributed by atoms with Crippen molar-refractivity contribution in [2.24, 2.45) is 5.92 Å². The molecule has 1 atom stereocenters. The average Bonchev–Trinajstić information content (AvgIpc) is 2.80. The van der Waals surface area contributed by atoms with E-state index in [1.54, 1.807) is 18.2 Å². The first-order valence-corrected chi connectivity index (χ1v) is 8.59. The van der Waals surface area contributed by atoms with Crippen molar-refractivity contribution >= 4 is 26.8 Å². The van der Waals surface area contributed by atoms with E-state index in [1.165, 1.54) is 6.07 Å². The molecule has 0 bridgehead atoms. The Bertz CT molecular complexity index is 757. The van der Waals surface area contributed by atoms with E-state index >= 15 is 0 Å². The molecule has 21 heavy (non-hydrogen) atoms. The lowest BCUT2D eigenvalue weighted by Gasteiger charge is -2.09. The van der Waals surface area contributed by atoms with Gasteiger partial charge in [0.25, 0.3) is 0 Å². The smallest absolute Gasteiger partial charge is 0.371 e. The SMILES string of the molecule is CCC(C)CS(=O)(=O)Cc1ccc2oc(C(=O)O)cc2c1. The molecule has 2 aromatic rings. The van der Waals surface area contributed by atoms with E-state index in [0.717, 1.165) is 6.42 Å². The molecular formula is C15H18O5S. The number of aromatic carboxylic acids is 1. The van der Waals surface area contributed by atoms with Gasteiger partial charge < -0.3 is 9.52 Å². The molecule has 1 unspecified atom stereocenters. The van der Waals surface area contributed by atoms with E-state index in [9.17, 15) is 13.2 Å². The second-order valence-electron chi connectivity index (χ2n) is 5.36. The predicted molar refractivity (Wildman–Crippen MR) is 80.1 cm³/mol. The molecule has 5 nitrogen and oxygen atoms in total. The number of carboxylic acid groups (broad SMARTS) is 1.